The van der Waals surface area contributed by atoms with Gasteiger partial charge in [-0.2, -0.15) is 0 Å². The molecule has 1 aliphatic heterocycles. The van der Waals surface area contributed by atoms with Gasteiger partial charge < -0.3 is 19.9 Å². The van der Waals surface area contributed by atoms with Crippen LogP contribution in [0, 0.1) is 18.3 Å². The van der Waals surface area contributed by atoms with Crippen LogP contribution in [0.1, 0.15) is 50.3 Å². The monoisotopic (exact) mass is 470 g/mol. The number of carbonyl (C=O) groups is 1. The summed E-state index contributed by atoms with van der Waals surface area (Å²) in [6.07, 6.45) is 15.4. The highest BCUT2D eigenvalue weighted by Crippen LogP contribution is 2.45. The summed E-state index contributed by atoms with van der Waals surface area (Å²) in [5, 5.41) is 0.803. The van der Waals surface area contributed by atoms with Crippen molar-refractivity contribution in [2.24, 2.45) is 13.0 Å². The van der Waals surface area contributed by atoms with Crippen LogP contribution in [0.25, 0.3) is 27.9 Å². The van der Waals surface area contributed by atoms with Gasteiger partial charge in [-0.05, 0) is 44.6 Å². The highest BCUT2D eigenvalue weighted by Gasteiger charge is 2.33. The fourth-order valence-electron chi connectivity index (χ4n) is 5.55. The Morgan fingerprint density at radius 2 is 2.11 bits per heavy atom. The first-order valence-corrected chi connectivity index (χ1v) is 12.0. The second-order valence-corrected chi connectivity index (χ2v) is 9.38. The zero-order chi connectivity index (χ0) is 24.7. The number of pyridine rings is 1. The molecule has 3 aromatic heterocycles. The number of methoxy groups -OCH3 is 1. The van der Waals surface area contributed by atoms with Crippen LogP contribution in [0.5, 0.6) is 5.75 Å². The standard InChI is InChI=1S/C27H30N6O2/c1-5-19-13-21(35-4)20(14-29-19)24-22(23-25(28)30-15-31-26(23)32(24)3)17-8-10-18(11-9-17)27(34)33-12-6-7-16(33)2/h1,8,13-16,18H,6-7,9-12H2,2-4H3,(H2,28,30,31)/t16-,18+/m1/s1. The molecule has 0 bridgehead atoms. The van der Waals surface area contributed by atoms with Crippen LogP contribution in [-0.2, 0) is 11.8 Å². The van der Waals surface area contributed by atoms with E-state index < -0.39 is 0 Å². The maximum Gasteiger partial charge on any atom is 0.226 e. The molecule has 1 aliphatic carbocycles. The van der Waals surface area contributed by atoms with E-state index in [0.29, 0.717) is 29.7 Å². The molecule has 2 aliphatic rings. The Morgan fingerprint density at radius 1 is 1.29 bits per heavy atom. The molecule has 1 saturated heterocycles. The number of ether oxygens (including phenoxy) is 1. The average Bonchev–Trinajstić information content (AvgIpc) is 3.44. The van der Waals surface area contributed by atoms with Crippen LogP contribution in [-0.4, -0.2) is 50.0 Å². The molecule has 0 radical (unpaired) electrons. The zero-order valence-corrected chi connectivity index (χ0v) is 20.4. The molecular formula is C27H30N6O2. The lowest BCUT2D eigenvalue weighted by molar-refractivity contribution is -0.136. The van der Waals surface area contributed by atoms with Crippen molar-refractivity contribution in [1.82, 2.24) is 24.4 Å². The summed E-state index contributed by atoms with van der Waals surface area (Å²) < 4.78 is 7.70. The minimum Gasteiger partial charge on any atom is -0.496 e. The average molecular weight is 471 g/mol. The summed E-state index contributed by atoms with van der Waals surface area (Å²) in [6, 6.07) is 2.09. The van der Waals surface area contributed by atoms with Gasteiger partial charge in [-0.1, -0.05) is 12.0 Å². The first-order chi connectivity index (χ1) is 16.9. The number of hydrogen-bond acceptors (Lipinski definition) is 6. The number of nitrogens with two attached hydrogens (primary N) is 1. The molecule has 1 fully saturated rings. The Kier molecular flexibility index (Phi) is 5.93. The number of amides is 1. The van der Waals surface area contributed by atoms with Crippen molar-refractivity contribution < 1.29 is 9.53 Å². The number of allylic oxidation sites excluding steroid dienone is 2. The van der Waals surface area contributed by atoms with Gasteiger partial charge in [0.2, 0.25) is 5.91 Å². The van der Waals surface area contributed by atoms with Crippen molar-refractivity contribution in [3.05, 3.63) is 35.9 Å². The van der Waals surface area contributed by atoms with Crippen LogP contribution in [0.3, 0.4) is 0 Å². The second-order valence-electron chi connectivity index (χ2n) is 9.38. The second kappa shape index (κ2) is 9.06. The van der Waals surface area contributed by atoms with E-state index in [9.17, 15) is 4.79 Å². The lowest BCUT2D eigenvalue weighted by atomic mass is 9.84. The normalized spacial score (nSPS) is 20.1. The Hall–Kier alpha value is -3.86. The van der Waals surface area contributed by atoms with E-state index in [2.05, 4.69) is 38.8 Å². The van der Waals surface area contributed by atoms with Crippen molar-refractivity contribution in [3.8, 4) is 29.4 Å². The third-order valence-electron chi connectivity index (χ3n) is 7.40. The van der Waals surface area contributed by atoms with Gasteiger partial charge in [-0.15, -0.1) is 6.42 Å². The molecule has 0 aromatic carbocycles. The van der Waals surface area contributed by atoms with E-state index >= 15 is 0 Å². The molecule has 4 heterocycles. The van der Waals surface area contributed by atoms with Crippen molar-refractivity contribution in [2.75, 3.05) is 19.4 Å². The number of aryl methyl sites for hydroxylation is 1. The topological polar surface area (TPSA) is 99.2 Å². The summed E-state index contributed by atoms with van der Waals surface area (Å²) >= 11 is 0. The maximum absolute atomic E-state index is 13.2. The molecule has 0 saturated carbocycles. The summed E-state index contributed by atoms with van der Waals surface area (Å²) in [5.74, 6) is 3.90. The Bertz CT molecular complexity index is 1380. The van der Waals surface area contributed by atoms with Crippen molar-refractivity contribution in [2.45, 2.75) is 45.1 Å². The maximum atomic E-state index is 13.2. The number of aromatic nitrogens is 4. The number of terminal acetylenes is 1. The predicted octanol–water partition coefficient (Wildman–Crippen LogP) is 3.80. The molecular weight excluding hydrogens is 440 g/mol. The van der Waals surface area contributed by atoms with Crippen LogP contribution in [0.15, 0.2) is 24.7 Å². The third-order valence-corrected chi connectivity index (χ3v) is 7.40. The number of likely N-dealkylation sites (tertiary alicyclic amines) is 1. The lowest BCUT2D eigenvalue weighted by Crippen LogP contribution is -2.38. The van der Waals surface area contributed by atoms with E-state index in [4.69, 9.17) is 16.9 Å². The van der Waals surface area contributed by atoms with Gasteiger partial charge in [-0.25, -0.2) is 15.0 Å². The number of fused-ring (bicyclic) bond motifs is 1. The third kappa shape index (κ3) is 3.81. The number of rotatable bonds is 4. The Morgan fingerprint density at radius 3 is 2.77 bits per heavy atom. The van der Waals surface area contributed by atoms with E-state index in [1.807, 2.05) is 11.6 Å². The van der Waals surface area contributed by atoms with Gasteiger partial charge in [0.15, 0.2) is 0 Å². The molecule has 3 aromatic rings. The van der Waals surface area contributed by atoms with Crippen molar-refractivity contribution in [3.63, 3.8) is 0 Å². The fourth-order valence-corrected chi connectivity index (χ4v) is 5.55. The van der Waals surface area contributed by atoms with Gasteiger partial charge in [0.25, 0.3) is 0 Å². The summed E-state index contributed by atoms with van der Waals surface area (Å²) in [7, 11) is 3.57. The van der Waals surface area contributed by atoms with Gasteiger partial charge in [0, 0.05) is 43.4 Å². The molecule has 0 unspecified atom stereocenters. The molecule has 8 heteroatoms. The SMILES string of the molecule is C#Cc1cc(OC)c(-c2c(C3=CC[C@H](C(=O)N4CCC[C@H]4C)CC3)c3c(N)ncnc3n2C)cn1. The Labute approximate surface area is 205 Å². The lowest BCUT2D eigenvalue weighted by Gasteiger charge is -2.29. The van der Waals surface area contributed by atoms with E-state index in [1.165, 1.54) is 6.33 Å². The highest BCUT2D eigenvalue weighted by molar-refractivity contribution is 6.04. The smallest absolute Gasteiger partial charge is 0.226 e. The molecule has 35 heavy (non-hydrogen) atoms. The number of anilines is 1. The fraction of sp³-hybridized carbons (Fsp3) is 0.407. The summed E-state index contributed by atoms with van der Waals surface area (Å²) in [4.78, 5) is 28.5. The highest BCUT2D eigenvalue weighted by atomic mass is 16.5. The summed E-state index contributed by atoms with van der Waals surface area (Å²) in [5.41, 5.74) is 11.4. The van der Waals surface area contributed by atoms with Gasteiger partial charge in [0.1, 0.15) is 29.2 Å². The Balaban J connectivity index is 1.61. The van der Waals surface area contributed by atoms with Crippen LogP contribution in [0.2, 0.25) is 0 Å². The van der Waals surface area contributed by atoms with Crippen molar-refractivity contribution in [1.29, 1.82) is 0 Å². The minimum absolute atomic E-state index is 0.0115. The number of carbonyl (C=O) groups excluding carboxylic acids is 1. The van der Waals surface area contributed by atoms with Crippen LogP contribution < -0.4 is 10.5 Å². The molecule has 2 atom stereocenters. The first kappa shape index (κ1) is 22.9. The number of hydrogen-bond donors (Lipinski definition) is 1. The molecule has 180 valence electrons. The van der Waals surface area contributed by atoms with Crippen LogP contribution >= 0.6 is 0 Å². The van der Waals surface area contributed by atoms with Crippen molar-refractivity contribution >= 4 is 28.3 Å². The molecule has 2 N–H and O–H groups in total. The van der Waals surface area contributed by atoms with E-state index in [0.717, 1.165) is 65.7 Å². The number of nitrogens with zero attached hydrogens (tertiary/aromatic N) is 5. The molecule has 0 spiro atoms. The van der Waals surface area contributed by atoms with Gasteiger partial charge >= 0.3 is 0 Å². The van der Waals surface area contributed by atoms with Crippen LogP contribution in [0.4, 0.5) is 5.82 Å². The predicted molar refractivity (Wildman–Crippen MR) is 136 cm³/mol. The minimum atomic E-state index is 0.0115. The number of nitrogen functional groups attached to an aromatic ring is 1. The zero-order valence-electron chi connectivity index (χ0n) is 20.4. The first-order valence-electron chi connectivity index (χ1n) is 12.0. The van der Waals surface area contributed by atoms with Gasteiger partial charge in [-0.3, -0.25) is 4.79 Å². The van der Waals surface area contributed by atoms with E-state index in [-0.39, 0.29) is 11.8 Å². The molecule has 8 nitrogen and oxygen atoms in total. The van der Waals surface area contributed by atoms with E-state index in [1.54, 1.807) is 19.4 Å². The van der Waals surface area contributed by atoms with Gasteiger partial charge in [0.05, 0.1) is 23.8 Å². The summed E-state index contributed by atoms with van der Waals surface area (Å²) in [6.45, 7) is 3.02. The largest absolute Gasteiger partial charge is 0.496 e. The molecule has 5 rings (SSSR count). The quantitative estimate of drug-likeness (QED) is 0.583. The molecule has 1 amide bonds.